The fourth-order valence-corrected chi connectivity index (χ4v) is 1.83. The third kappa shape index (κ3) is 4.36. The Morgan fingerprint density at radius 1 is 1.35 bits per heavy atom. The molecule has 0 radical (unpaired) electrons. The first-order chi connectivity index (χ1) is 7.98. The lowest BCUT2D eigenvalue weighted by molar-refractivity contribution is -0.0299. The molecule has 1 aromatic rings. The second kappa shape index (κ2) is 6.03. The molecule has 1 atom stereocenters. The average molecular weight is 238 g/mol. The van der Waals surface area contributed by atoms with Gasteiger partial charge >= 0.3 is 0 Å². The van der Waals surface area contributed by atoms with Gasteiger partial charge in [-0.3, -0.25) is 0 Å². The first-order valence-corrected chi connectivity index (χ1v) is 5.92. The van der Waals surface area contributed by atoms with E-state index < -0.39 is 5.60 Å². The van der Waals surface area contributed by atoms with Crippen LogP contribution in [0.25, 0.3) is 0 Å². The largest absolute Gasteiger partial charge is 0.496 e. The van der Waals surface area contributed by atoms with E-state index in [9.17, 15) is 5.11 Å². The molecule has 96 valence electrons. The summed E-state index contributed by atoms with van der Waals surface area (Å²) in [6.45, 7) is 6.68. The van der Waals surface area contributed by atoms with Crippen molar-refractivity contribution in [3.8, 4) is 5.75 Å². The highest BCUT2D eigenvalue weighted by atomic mass is 16.5. The van der Waals surface area contributed by atoms with Crippen LogP contribution in [0.3, 0.4) is 0 Å². The molecule has 1 N–H and O–H groups in total. The summed E-state index contributed by atoms with van der Waals surface area (Å²) in [5.41, 5.74) is 1.31. The van der Waals surface area contributed by atoms with Crippen molar-refractivity contribution in [3.63, 3.8) is 0 Å². The Labute approximate surface area is 103 Å². The van der Waals surface area contributed by atoms with Gasteiger partial charge in [-0.2, -0.15) is 0 Å². The number of aryl methyl sites for hydroxylation is 1. The highest BCUT2D eigenvalue weighted by Crippen LogP contribution is 2.24. The molecular weight excluding hydrogens is 216 g/mol. The average Bonchev–Trinajstić information content (AvgIpc) is 2.26. The van der Waals surface area contributed by atoms with Crippen molar-refractivity contribution in [2.45, 2.75) is 32.8 Å². The van der Waals surface area contributed by atoms with Crippen LogP contribution in [-0.4, -0.2) is 31.0 Å². The van der Waals surface area contributed by atoms with Crippen molar-refractivity contribution < 1.29 is 14.6 Å². The second-order valence-electron chi connectivity index (χ2n) is 4.63. The highest BCUT2D eigenvalue weighted by Gasteiger charge is 2.23. The smallest absolute Gasteiger partial charge is 0.122 e. The molecule has 1 aromatic carbocycles. The van der Waals surface area contributed by atoms with E-state index in [4.69, 9.17) is 9.47 Å². The molecule has 0 amide bonds. The van der Waals surface area contributed by atoms with Crippen LogP contribution in [0.4, 0.5) is 0 Å². The Hall–Kier alpha value is -1.06. The summed E-state index contributed by atoms with van der Waals surface area (Å²) in [5, 5.41) is 10.2. The standard InChI is InChI=1S/C14H22O3/c1-5-17-10-14(3,15)9-12-8-11(2)6-7-13(12)16-4/h6-8,15H,5,9-10H2,1-4H3. The molecule has 0 aliphatic rings. The van der Waals surface area contributed by atoms with E-state index in [2.05, 4.69) is 0 Å². The van der Waals surface area contributed by atoms with Crippen molar-refractivity contribution in [1.82, 2.24) is 0 Å². The van der Waals surface area contributed by atoms with E-state index in [1.165, 1.54) is 0 Å². The Bertz CT molecular complexity index is 358. The van der Waals surface area contributed by atoms with Gasteiger partial charge in [0.25, 0.3) is 0 Å². The van der Waals surface area contributed by atoms with E-state index in [-0.39, 0.29) is 0 Å². The van der Waals surface area contributed by atoms with Crippen molar-refractivity contribution in [3.05, 3.63) is 29.3 Å². The maximum absolute atomic E-state index is 10.2. The summed E-state index contributed by atoms with van der Waals surface area (Å²) in [5.74, 6) is 0.812. The monoisotopic (exact) mass is 238 g/mol. The van der Waals surface area contributed by atoms with E-state index >= 15 is 0 Å². The first-order valence-electron chi connectivity index (χ1n) is 5.92. The maximum atomic E-state index is 10.2. The molecule has 3 nitrogen and oxygen atoms in total. The molecule has 3 heteroatoms. The molecule has 1 rings (SSSR count). The SMILES string of the molecule is CCOCC(C)(O)Cc1cc(C)ccc1OC. The summed E-state index contributed by atoms with van der Waals surface area (Å²) in [4.78, 5) is 0. The van der Waals surface area contributed by atoms with Crippen molar-refractivity contribution >= 4 is 0 Å². The van der Waals surface area contributed by atoms with E-state index in [1.807, 2.05) is 32.0 Å². The van der Waals surface area contributed by atoms with Gasteiger partial charge in [-0.15, -0.1) is 0 Å². The number of ether oxygens (including phenoxy) is 2. The van der Waals surface area contributed by atoms with Crippen LogP contribution in [0, 0.1) is 6.92 Å². The zero-order chi connectivity index (χ0) is 12.9. The lowest BCUT2D eigenvalue weighted by Gasteiger charge is -2.24. The minimum absolute atomic E-state index is 0.334. The predicted octanol–water partition coefficient (Wildman–Crippen LogP) is 2.33. The quantitative estimate of drug-likeness (QED) is 0.826. The zero-order valence-corrected chi connectivity index (χ0v) is 11.1. The van der Waals surface area contributed by atoms with Gasteiger partial charge in [-0.1, -0.05) is 17.7 Å². The molecule has 0 aromatic heterocycles. The van der Waals surface area contributed by atoms with Gasteiger partial charge in [0.2, 0.25) is 0 Å². The van der Waals surface area contributed by atoms with Crippen LogP contribution in [0.5, 0.6) is 5.75 Å². The Balaban J connectivity index is 2.82. The molecule has 0 heterocycles. The number of aliphatic hydroxyl groups is 1. The van der Waals surface area contributed by atoms with Gasteiger partial charge < -0.3 is 14.6 Å². The topological polar surface area (TPSA) is 38.7 Å². The first kappa shape index (κ1) is 14.0. The molecule has 0 saturated carbocycles. The molecule has 17 heavy (non-hydrogen) atoms. The number of methoxy groups -OCH3 is 1. The van der Waals surface area contributed by atoms with Crippen LogP contribution >= 0.6 is 0 Å². The maximum Gasteiger partial charge on any atom is 0.122 e. The third-order valence-electron chi connectivity index (χ3n) is 2.62. The molecule has 0 aliphatic carbocycles. The van der Waals surface area contributed by atoms with Crippen molar-refractivity contribution in [2.75, 3.05) is 20.3 Å². The van der Waals surface area contributed by atoms with Crippen LogP contribution in [0.1, 0.15) is 25.0 Å². The molecule has 1 unspecified atom stereocenters. The lowest BCUT2D eigenvalue weighted by Crippen LogP contribution is -2.33. The predicted molar refractivity (Wildman–Crippen MR) is 68.6 cm³/mol. The highest BCUT2D eigenvalue weighted by molar-refractivity contribution is 5.37. The van der Waals surface area contributed by atoms with E-state index in [0.29, 0.717) is 19.6 Å². The zero-order valence-electron chi connectivity index (χ0n) is 11.1. The minimum atomic E-state index is -0.864. The van der Waals surface area contributed by atoms with Crippen LogP contribution in [-0.2, 0) is 11.2 Å². The number of hydrogen-bond donors (Lipinski definition) is 1. The molecule has 0 saturated heterocycles. The lowest BCUT2D eigenvalue weighted by atomic mass is 9.95. The van der Waals surface area contributed by atoms with Crippen molar-refractivity contribution in [1.29, 1.82) is 0 Å². The summed E-state index contributed by atoms with van der Waals surface area (Å²) in [7, 11) is 1.64. The summed E-state index contributed by atoms with van der Waals surface area (Å²) >= 11 is 0. The third-order valence-corrected chi connectivity index (χ3v) is 2.62. The number of hydrogen-bond acceptors (Lipinski definition) is 3. The van der Waals surface area contributed by atoms with Gasteiger partial charge in [0.1, 0.15) is 5.75 Å². The van der Waals surface area contributed by atoms with Crippen molar-refractivity contribution in [2.24, 2.45) is 0 Å². The van der Waals surface area contributed by atoms with Crippen LogP contribution in [0.15, 0.2) is 18.2 Å². The normalized spacial score (nSPS) is 14.4. The van der Waals surface area contributed by atoms with Gasteiger partial charge in [0.05, 0.1) is 19.3 Å². The molecule has 0 fully saturated rings. The molecular formula is C14H22O3. The minimum Gasteiger partial charge on any atom is -0.496 e. The Kier molecular flexibility index (Phi) is 4.97. The molecule has 0 spiro atoms. The molecule has 0 bridgehead atoms. The summed E-state index contributed by atoms with van der Waals surface area (Å²) in [6.07, 6.45) is 0.526. The van der Waals surface area contributed by atoms with E-state index in [0.717, 1.165) is 16.9 Å². The second-order valence-corrected chi connectivity index (χ2v) is 4.63. The fourth-order valence-electron chi connectivity index (χ4n) is 1.83. The van der Waals surface area contributed by atoms with Gasteiger partial charge in [0.15, 0.2) is 0 Å². The number of benzene rings is 1. The Morgan fingerprint density at radius 3 is 2.65 bits per heavy atom. The van der Waals surface area contributed by atoms with Gasteiger partial charge in [-0.25, -0.2) is 0 Å². The summed E-state index contributed by atoms with van der Waals surface area (Å²) < 4.78 is 10.6. The fraction of sp³-hybridized carbons (Fsp3) is 0.571. The number of rotatable bonds is 6. The molecule has 0 aliphatic heterocycles. The summed E-state index contributed by atoms with van der Waals surface area (Å²) in [6, 6.07) is 5.97. The van der Waals surface area contributed by atoms with Gasteiger partial charge in [0, 0.05) is 13.0 Å². The van der Waals surface area contributed by atoms with Crippen LogP contribution < -0.4 is 4.74 Å². The Morgan fingerprint density at radius 2 is 2.06 bits per heavy atom. The van der Waals surface area contributed by atoms with Gasteiger partial charge in [-0.05, 0) is 32.4 Å². The van der Waals surface area contributed by atoms with Crippen LogP contribution in [0.2, 0.25) is 0 Å². The van der Waals surface area contributed by atoms with E-state index in [1.54, 1.807) is 14.0 Å².